The molecule has 1 unspecified atom stereocenters. The number of carbonyl (C=O) groups is 1. The Morgan fingerprint density at radius 3 is 2.42 bits per heavy atom. The molecule has 8 nitrogen and oxygen atoms in total. The van der Waals surface area contributed by atoms with Crippen molar-refractivity contribution in [3.8, 4) is 0 Å². The molecule has 1 heterocycles. The minimum atomic E-state index is -3.50. The average molecular weight is 354 g/mol. The molecule has 0 bridgehead atoms. The Morgan fingerprint density at radius 1 is 1.33 bits per heavy atom. The average Bonchev–Trinajstić information content (AvgIpc) is 3.04. The molecule has 1 aromatic rings. The van der Waals surface area contributed by atoms with Gasteiger partial charge in [0.2, 0.25) is 5.91 Å². The van der Waals surface area contributed by atoms with E-state index in [1.165, 1.54) is 0 Å². The molecule has 1 aromatic carbocycles. The topological polar surface area (TPSA) is 125 Å². The van der Waals surface area contributed by atoms with Crippen molar-refractivity contribution in [2.75, 3.05) is 31.2 Å². The van der Waals surface area contributed by atoms with Gasteiger partial charge in [0.05, 0.1) is 6.26 Å². The number of nitrogens with zero attached hydrogens (tertiary/aromatic N) is 2. The predicted octanol–water partition coefficient (Wildman–Crippen LogP) is -0.253. The van der Waals surface area contributed by atoms with Gasteiger partial charge in [-0.2, -0.15) is 0 Å². The fraction of sp³-hybridized carbons (Fsp3) is 0.467. The summed E-state index contributed by atoms with van der Waals surface area (Å²) in [5, 5.41) is 12.3. The second-order valence-electron chi connectivity index (χ2n) is 5.72. The van der Waals surface area contributed by atoms with Gasteiger partial charge in [0.25, 0.3) is 10.0 Å². The van der Waals surface area contributed by atoms with E-state index in [0.717, 1.165) is 32.2 Å². The lowest BCUT2D eigenvalue weighted by molar-refractivity contribution is -0.125. The molecule has 1 fully saturated rings. The number of amidine groups is 1. The number of sulfonamides is 1. The molecule has 0 aromatic heterocycles. The molecule has 0 aliphatic carbocycles. The second-order valence-corrected chi connectivity index (χ2v) is 7.37. The van der Waals surface area contributed by atoms with Crippen molar-refractivity contribution in [1.82, 2.24) is 4.90 Å². The summed E-state index contributed by atoms with van der Waals surface area (Å²) in [6.45, 7) is 1.56. The van der Waals surface area contributed by atoms with Crippen LogP contribution in [0.15, 0.2) is 28.7 Å². The van der Waals surface area contributed by atoms with Crippen LogP contribution in [-0.2, 0) is 14.8 Å². The minimum Gasteiger partial charge on any atom is -0.382 e. The van der Waals surface area contributed by atoms with E-state index in [2.05, 4.69) is 9.71 Å². The van der Waals surface area contributed by atoms with Gasteiger partial charge in [0, 0.05) is 30.9 Å². The molecule has 9 heteroatoms. The summed E-state index contributed by atoms with van der Waals surface area (Å²) in [7, 11) is -3.50. The van der Waals surface area contributed by atoms with Crippen molar-refractivity contribution >= 4 is 27.5 Å². The number of nitrogens with two attached hydrogens (primary N) is 1. The fourth-order valence-electron chi connectivity index (χ4n) is 2.43. The Bertz CT molecular complexity index is 709. The molecule has 0 radical (unpaired) electrons. The van der Waals surface area contributed by atoms with E-state index in [0.29, 0.717) is 17.1 Å². The molecule has 24 heavy (non-hydrogen) atoms. The zero-order valence-corrected chi connectivity index (χ0v) is 14.3. The summed E-state index contributed by atoms with van der Waals surface area (Å²) in [4.78, 5) is 12.8. The fourth-order valence-corrected chi connectivity index (χ4v) is 2.97. The van der Waals surface area contributed by atoms with Gasteiger partial charge in [-0.3, -0.25) is 4.79 Å². The lowest BCUT2D eigenvalue weighted by Gasteiger charge is -2.20. The largest absolute Gasteiger partial charge is 0.382 e. The number of benzene rings is 1. The van der Waals surface area contributed by atoms with Crippen LogP contribution >= 0.6 is 0 Å². The Labute approximate surface area is 141 Å². The van der Waals surface area contributed by atoms with Gasteiger partial charge in [-0.15, -0.1) is 4.40 Å². The Hall–Kier alpha value is -2.13. The van der Waals surface area contributed by atoms with Crippen LogP contribution in [0.25, 0.3) is 0 Å². The summed E-state index contributed by atoms with van der Waals surface area (Å²) in [5.41, 5.74) is 6.36. The molecule has 1 aliphatic rings. The maximum absolute atomic E-state index is 11.6. The second kappa shape index (κ2) is 7.63. The van der Waals surface area contributed by atoms with Gasteiger partial charge in [0.1, 0.15) is 11.9 Å². The SMILES string of the molecule is CS(=O)(=O)N=C(c1ccc(NCC(O)C(N)=O)cc1)N1CCCC1. The number of likely N-dealkylation sites (tertiary alicyclic amines) is 1. The minimum absolute atomic E-state index is 0.00505. The standard InChI is InChI=1S/C15H22N4O4S/c1-24(22,23)18-15(19-8-2-3-9-19)11-4-6-12(7-5-11)17-10-13(20)14(16)21/h4-7,13,17,20H,2-3,8-10H2,1H3,(H2,16,21). The normalized spacial score (nSPS) is 16.9. The van der Waals surface area contributed by atoms with Crippen molar-refractivity contribution in [3.63, 3.8) is 0 Å². The number of hydrogen-bond acceptors (Lipinski definition) is 5. The third-order valence-corrected chi connectivity index (χ3v) is 4.13. The van der Waals surface area contributed by atoms with Crippen molar-refractivity contribution in [3.05, 3.63) is 29.8 Å². The van der Waals surface area contributed by atoms with Crippen LogP contribution in [0.5, 0.6) is 0 Å². The number of anilines is 1. The predicted molar refractivity (Wildman–Crippen MR) is 92.3 cm³/mol. The highest BCUT2D eigenvalue weighted by Gasteiger charge is 2.20. The highest BCUT2D eigenvalue weighted by Crippen LogP contribution is 2.17. The molecule has 1 atom stereocenters. The van der Waals surface area contributed by atoms with Gasteiger partial charge in [-0.1, -0.05) is 0 Å². The molecular weight excluding hydrogens is 332 g/mol. The number of primary amides is 1. The maximum Gasteiger partial charge on any atom is 0.252 e. The molecule has 0 spiro atoms. The summed E-state index contributed by atoms with van der Waals surface area (Å²) in [6.07, 6.45) is 1.82. The zero-order chi connectivity index (χ0) is 17.7. The van der Waals surface area contributed by atoms with Crippen LogP contribution in [0.1, 0.15) is 18.4 Å². The molecule has 4 N–H and O–H groups in total. The first-order valence-electron chi connectivity index (χ1n) is 7.63. The molecule has 1 saturated heterocycles. The molecule has 1 aliphatic heterocycles. The van der Waals surface area contributed by atoms with E-state index in [1.807, 2.05) is 4.90 Å². The molecule has 0 saturated carbocycles. The van der Waals surface area contributed by atoms with E-state index in [-0.39, 0.29) is 6.54 Å². The van der Waals surface area contributed by atoms with Gasteiger partial charge in [-0.05, 0) is 37.1 Å². The molecule has 2 rings (SSSR count). The summed E-state index contributed by atoms with van der Waals surface area (Å²) < 4.78 is 27.0. The Balaban J connectivity index is 2.16. The van der Waals surface area contributed by atoms with Crippen molar-refractivity contribution in [1.29, 1.82) is 0 Å². The third kappa shape index (κ3) is 5.20. The maximum atomic E-state index is 11.6. The Kier molecular flexibility index (Phi) is 5.79. The van der Waals surface area contributed by atoms with E-state index < -0.39 is 22.0 Å². The van der Waals surface area contributed by atoms with Crippen molar-refractivity contribution in [2.24, 2.45) is 10.1 Å². The van der Waals surface area contributed by atoms with Crippen LogP contribution < -0.4 is 11.1 Å². The molecule has 1 amide bonds. The van der Waals surface area contributed by atoms with Crippen molar-refractivity contribution in [2.45, 2.75) is 18.9 Å². The number of carbonyl (C=O) groups excluding carboxylic acids is 1. The summed E-state index contributed by atoms with van der Waals surface area (Å²) in [5.74, 6) is -0.352. The van der Waals surface area contributed by atoms with Gasteiger partial charge in [-0.25, -0.2) is 8.42 Å². The number of aliphatic hydroxyl groups excluding tert-OH is 1. The van der Waals surface area contributed by atoms with Gasteiger partial charge >= 0.3 is 0 Å². The first-order chi connectivity index (χ1) is 11.3. The van der Waals surface area contributed by atoms with E-state index in [4.69, 9.17) is 5.73 Å². The third-order valence-electron chi connectivity index (χ3n) is 3.63. The lowest BCUT2D eigenvalue weighted by Crippen LogP contribution is -2.34. The zero-order valence-electron chi connectivity index (χ0n) is 13.5. The van der Waals surface area contributed by atoms with E-state index in [1.54, 1.807) is 24.3 Å². The van der Waals surface area contributed by atoms with E-state index in [9.17, 15) is 18.3 Å². The number of amides is 1. The highest BCUT2D eigenvalue weighted by atomic mass is 32.2. The van der Waals surface area contributed by atoms with Crippen LogP contribution in [0.3, 0.4) is 0 Å². The number of rotatable bonds is 6. The van der Waals surface area contributed by atoms with Crippen LogP contribution in [0, 0.1) is 0 Å². The lowest BCUT2D eigenvalue weighted by atomic mass is 10.1. The molecule has 132 valence electrons. The van der Waals surface area contributed by atoms with Crippen LogP contribution in [-0.4, -0.2) is 62.2 Å². The van der Waals surface area contributed by atoms with Gasteiger partial charge in [0.15, 0.2) is 0 Å². The van der Waals surface area contributed by atoms with Crippen molar-refractivity contribution < 1.29 is 18.3 Å². The smallest absolute Gasteiger partial charge is 0.252 e. The number of aliphatic hydroxyl groups is 1. The summed E-state index contributed by atoms with van der Waals surface area (Å²) >= 11 is 0. The van der Waals surface area contributed by atoms with Crippen LogP contribution in [0.2, 0.25) is 0 Å². The first kappa shape index (κ1) is 18.2. The highest BCUT2D eigenvalue weighted by molar-refractivity contribution is 7.89. The number of hydrogen-bond donors (Lipinski definition) is 3. The molecular formula is C15H22N4O4S. The Morgan fingerprint density at radius 2 is 1.92 bits per heavy atom. The monoisotopic (exact) mass is 354 g/mol. The number of nitrogens with one attached hydrogen (secondary N) is 1. The van der Waals surface area contributed by atoms with E-state index >= 15 is 0 Å². The van der Waals surface area contributed by atoms with Crippen LogP contribution in [0.4, 0.5) is 5.69 Å². The van der Waals surface area contributed by atoms with Gasteiger partial charge < -0.3 is 21.1 Å². The first-order valence-corrected chi connectivity index (χ1v) is 9.47. The quantitative estimate of drug-likeness (QED) is 0.478. The summed E-state index contributed by atoms with van der Waals surface area (Å²) in [6, 6.07) is 6.97.